The zero-order chi connectivity index (χ0) is 26.2. The number of nitrogens with one attached hydrogen (secondary N) is 1. The molecule has 192 valence electrons. The van der Waals surface area contributed by atoms with Gasteiger partial charge in [-0.2, -0.15) is 0 Å². The molecule has 3 aromatic rings. The van der Waals surface area contributed by atoms with Crippen molar-refractivity contribution in [2.24, 2.45) is 0 Å². The molecule has 1 unspecified atom stereocenters. The molecule has 2 heterocycles. The first-order valence-corrected chi connectivity index (χ1v) is 12.7. The molecule has 0 saturated carbocycles. The van der Waals surface area contributed by atoms with Gasteiger partial charge < -0.3 is 24.6 Å². The number of hydrogen-bond acceptors (Lipinski definition) is 6. The second-order valence-electron chi connectivity index (χ2n) is 9.48. The highest BCUT2D eigenvalue weighted by Crippen LogP contribution is 2.46. The van der Waals surface area contributed by atoms with Crippen molar-refractivity contribution >= 4 is 34.7 Å². The van der Waals surface area contributed by atoms with Crippen molar-refractivity contribution in [3.8, 4) is 11.5 Å². The van der Waals surface area contributed by atoms with E-state index in [-0.39, 0.29) is 18.2 Å². The Kier molecular flexibility index (Phi) is 6.84. The van der Waals surface area contributed by atoms with E-state index in [1.54, 1.807) is 56.4 Å². The number of amides is 1. The monoisotopic (exact) mass is 519 g/mol. The summed E-state index contributed by atoms with van der Waals surface area (Å²) >= 11 is 6.60. The summed E-state index contributed by atoms with van der Waals surface area (Å²) in [5.74, 6) is 0.872. The molecule has 0 radical (unpaired) electrons. The molecule has 0 aromatic heterocycles. The van der Waals surface area contributed by atoms with Crippen LogP contribution >= 0.6 is 11.6 Å². The number of carbonyl (C=O) groups is 2. The summed E-state index contributed by atoms with van der Waals surface area (Å²) in [6.45, 7) is 5.10. The molecule has 1 saturated heterocycles. The van der Waals surface area contributed by atoms with E-state index in [0.29, 0.717) is 27.6 Å². The van der Waals surface area contributed by atoms with Crippen LogP contribution in [0, 0.1) is 0 Å². The molecule has 1 fully saturated rings. The summed E-state index contributed by atoms with van der Waals surface area (Å²) in [4.78, 5) is 32.5. The van der Waals surface area contributed by atoms with Gasteiger partial charge in [-0.15, -0.1) is 0 Å². The number of fused-ring (bicyclic) bond motifs is 1. The van der Waals surface area contributed by atoms with Crippen molar-refractivity contribution in [3.05, 3.63) is 82.4 Å². The molecular formula is C29H30ClN3O4. The SMILES string of the molecule is COc1ccc(CN2C(=O)C(C)(c3ccc(OC)cc3)C(=O)c3c(N4CCNCC4)cc(Cl)cc32)cc1. The van der Waals surface area contributed by atoms with Gasteiger partial charge in [0.1, 0.15) is 16.9 Å². The number of hydrogen-bond donors (Lipinski definition) is 1. The minimum Gasteiger partial charge on any atom is -0.497 e. The third kappa shape index (κ3) is 4.43. The number of anilines is 2. The lowest BCUT2D eigenvalue weighted by atomic mass is 9.71. The van der Waals surface area contributed by atoms with Crippen molar-refractivity contribution < 1.29 is 19.1 Å². The maximum Gasteiger partial charge on any atom is 0.245 e. The van der Waals surface area contributed by atoms with Gasteiger partial charge >= 0.3 is 0 Å². The highest BCUT2D eigenvalue weighted by Gasteiger charge is 2.52. The van der Waals surface area contributed by atoms with E-state index in [2.05, 4.69) is 10.2 Å². The molecular weight excluding hydrogens is 490 g/mol. The maximum absolute atomic E-state index is 14.4. The number of carbonyl (C=O) groups excluding carboxylic acids is 2. The minimum absolute atomic E-state index is 0.228. The third-order valence-corrected chi connectivity index (χ3v) is 7.55. The zero-order valence-electron chi connectivity index (χ0n) is 21.2. The number of Topliss-reactive ketones (excluding diaryl/α,β-unsaturated/α-hetero) is 1. The van der Waals surface area contributed by atoms with Gasteiger partial charge in [0, 0.05) is 31.2 Å². The topological polar surface area (TPSA) is 71.1 Å². The highest BCUT2D eigenvalue weighted by molar-refractivity contribution is 6.34. The molecule has 0 bridgehead atoms. The van der Waals surface area contributed by atoms with Gasteiger partial charge in [-0.1, -0.05) is 35.9 Å². The Balaban J connectivity index is 1.68. The van der Waals surface area contributed by atoms with Crippen LogP contribution in [0.25, 0.3) is 0 Å². The number of methoxy groups -OCH3 is 2. The number of piperazine rings is 1. The predicted molar refractivity (Wildman–Crippen MR) is 145 cm³/mol. The summed E-state index contributed by atoms with van der Waals surface area (Å²) in [6, 6.07) is 18.3. The molecule has 0 aliphatic carbocycles. The van der Waals surface area contributed by atoms with Crippen molar-refractivity contribution in [3.63, 3.8) is 0 Å². The van der Waals surface area contributed by atoms with Crippen molar-refractivity contribution in [1.82, 2.24) is 5.32 Å². The molecule has 2 aliphatic heterocycles. The van der Waals surface area contributed by atoms with Crippen LogP contribution in [0.4, 0.5) is 11.4 Å². The van der Waals surface area contributed by atoms with Gasteiger partial charge in [-0.05, 0) is 54.4 Å². The standard InChI is InChI=1S/C29H30ClN3O4/c1-29(20-6-10-23(37-3)11-7-20)27(34)26-24(32-14-12-31-13-15-32)16-21(30)17-25(26)33(28(29)35)18-19-4-8-22(36-2)9-5-19/h4-11,16-17,31H,12-15,18H2,1-3H3. The minimum atomic E-state index is -1.41. The number of rotatable bonds is 6. The molecule has 0 spiro atoms. The van der Waals surface area contributed by atoms with Crippen LogP contribution in [0.1, 0.15) is 28.4 Å². The molecule has 37 heavy (non-hydrogen) atoms. The molecule has 8 heteroatoms. The smallest absolute Gasteiger partial charge is 0.245 e. The number of nitrogens with zero attached hydrogens (tertiary/aromatic N) is 2. The number of benzene rings is 3. The Bertz CT molecular complexity index is 1320. The number of ketones is 1. The first-order chi connectivity index (χ1) is 17.9. The van der Waals surface area contributed by atoms with Crippen LogP contribution in [-0.4, -0.2) is 52.1 Å². The normalized spacial score (nSPS) is 19.6. The highest BCUT2D eigenvalue weighted by atomic mass is 35.5. The van der Waals surface area contributed by atoms with Crippen LogP contribution in [0.3, 0.4) is 0 Å². The second-order valence-corrected chi connectivity index (χ2v) is 9.91. The zero-order valence-corrected chi connectivity index (χ0v) is 22.0. The van der Waals surface area contributed by atoms with Gasteiger partial charge in [0.2, 0.25) is 5.91 Å². The Labute approximate surface area is 221 Å². The molecule has 5 rings (SSSR count). The van der Waals surface area contributed by atoms with E-state index in [0.717, 1.165) is 43.2 Å². The second kappa shape index (κ2) is 10.1. The van der Waals surface area contributed by atoms with Gasteiger partial charge in [0.25, 0.3) is 0 Å². The van der Waals surface area contributed by atoms with E-state index >= 15 is 0 Å². The largest absolute Gasteiger partial charge is 0.497 e. The lowest BCUT2D eigenvalue weighted by molar-refractivity contribution is -0.122. The predicted octanol–water partition coefficient (Wildman–Crippen LogP) is 4.45. The van der Waals surface area contributed by atoms with E-state index in [4.69, 9.17) is 21.1 Å². The Morgan fingerprint density at radius 3 is 2.05 bits per heavy atom. The van der Waals surface area contributed by atoms with E-state index in [9.17, 15) is 9.59 Å². The van der Waals surface area contributed by atoms with Crippen LogP contribution in [-0.2, 0) is 16.8 Å². The summed E-state index contributed by atoms with van der Waals surface area (Å²) in [7, 11) is 3.20. The Hall–Kier alpha value is -3.55. The first-order valence-electron chi connectivity index (χ1n) is 12.3. The quantitative estimate of drug-likeness (QED) is 0.485. The summed E-state index contributed by atoms with van der Waals surface area (Å²) in [5, 5.41) is 3.84. The van der Waals surface area contributed by atoms with Crippen molar-refractivity contribution in [2.75, 3.05) is 50.2 Å². The molecule has 1 atom stereocenters. The lowest BCUT2D eigenvalue weighted by Crippen LogP contribution is -2.55. The lowest BCUT2D eigenvalue weighted by Gasteiger charge is -2.42. The van der Waals surface area contributed by atoms with Crippen LogP contribution in [0.2, 0.25) is 5.02 Å². The van der Waals surface area contributed by atoms with Crippen molar-refractivity contribution in [2.45, 2.75) is 18.9 Å². The van der Waals surface area contributed by atoms with Crippen LogP contribution in [0.15, 0.2) is 60.7 Å². The number of halogens is 1. The summed E-state index contributed by atoms with van der Waals surface area (Å²) in [5.41, 5.74) is 1.95. The van der Waals surface area contributed by atoms with Crippen molar-refractivity contribution in [1.29, 1.82) is 0 Å². The van der Waals surface area contributed by atoms with E-state index in [1.807, 2.05) is 30.3 Å². The van der Waals surface area contributed by atoms with Gasteiger partial charge in [-0.3, -0.25) is 9.59 Å². The molecule has 1 N–H and O–H groups in total. The molecule has 7 nitrogen and oxygen atoms in total. The third-order valence-electron chi connectivity index (χ3n) is 7.33. The maximum atomic E-state index is 14.4. The Morgan fingerprint density at radius 2 is 1.46 bits per heavy atom. The van der Waals surface area contributed by atoms with Crippen LogP contribution in [0.5, 0.6) is 11.5 Å². The molecule has 3 aromatic carbocycles. The summed E-state index contributed by atoms with van der Waals surface area (Å²) in [6.07, 6.45) is 0. The fourth-order valence-corrected chi connectivity index (χ4v) is 5.36. The number of ether oxygens (including phenoxy) is 2. The van der Waals surface area contributed by atoms with Gasteiger partial charge in [0.05, 0.1) is 37.7 Å². The van der Waals surface area contributed by atoms with E-state index < -0.39 is 5.41 Å². The van der Waals surface area contributed by atoms with Gasteiger partial charge in [-0.25, -0.2) is 0 Å². The average molecular weight is 520 g/mol. The van der Waals surface area contributed by atoms with Gasteiger partial charge in [0.15, 0.2) is 5.78 Å². The molecule has 1 amide bonds. The molecule has 2 aliphatic rings. The average Bonchev–Trinajstić information content (AvgIpc) is 2.94. The Morgan fingerprint density at radius 1 is 0.892 bits per heavy atom. The van der Waals surface area contributed by atoms with E-state index in [1.165, 1.54) is 0 Å². The fourth-order valence-electron chi connectivity index (χ4n) is 5.15. The first kappa shape index (κ1) is 25.1. The fraction of sp³-hybridized carbons (Fsp3) is 0.310. The summed E-state index contributed by atoms with van der Waals surface area (Å²) < 4.78 is 10.6. The van der Waals surface area contributed by atoms with Crippen LogP contribution < -0.4 is 24.6 Å².